The van der Waals surface area contributed by atoms with E-state index in [1.165, 1.54) is 47.6 Å². The molecule has 1 heterocycles. The number of amides is 1. The van der Waals surface area contributed by atoms with Gasteiger partial charge in [0, 0.05) is 19.9 Å². The molecule has 50 heavy (non-hydrogen) atoms. The number of hydrogen-bond donors (Lipinski definition) is 1. The number of carbonyl (C=O) groups excluding carboxylic acids is 3. The standard InChI is InChI=1S/C36H44FN3O9S/c1-25(47-33(42)35(2,3)4)48-34(43)38-31(32(41)46-20-19-39(5)6)22-26-11-10-14-30(21-26)50(44,45)40-23-36(24-40,27-12-8-7-9-13-27)49-29-17-15-28(37)16-18-29/h7-18,21,25,31H,19-20,22-24H2,1-6H3,(H,38,43)/t25?,31-/m0/s1. The molecule has 1 unspecified atom stereocenters. The van der Waals surface area contributed by atoms with Crippen molar-refractivity contribution in [2.75, 3.05) is 40.3 Å². The van der Waals surface area contributed by atoms with Crippen LogP contribution in [0.25, 0.3) is 0 Å². The number of likely N-dealkylation sites (N-methyl/N-ethyl adjacent to an activating group) is 1. The second kappa shape index (κ2) is 16.0. The van der Waals surface area contributed by atoms with Crippen molar-refractivity contribution in [3.8, 4) is 5.75 Å². The molecule has 0 spiro atoms. The third kappa shape index (κ3) is 10.0. The number of carbonyl (C=O) groups is 3. The number of alkyl carbamates (subject to hydrolysis) is 1. The predicted octanol–water partition coefficient (Wildman–Crippen LogP) is 4.48. The average molecular weight is 714 g/mol. The molecular formula is C36H44FN3O9S. The van der Waals surface area contributed by atoms with Gasteiger partial charge in [0.05, 0.1) is 23.4 Å². The number of ether oxygens (including phenoxy) is 4. The van der Waals surface area contributed by atoms with Crippen molar-refractivity contribution in [1.29, 1.82) is 0 Å². The first-order valence-corrected chi connectivity index (χ1v) is 17.5. The largest absolute Gasteiger partial charge is 0.480 e. The summed E-state index contributed by atoms with van der Waals surface area (Å²) in [5.74, 6) is -1.37. The van der Waals surface area contributed by atoms with E-state index < -0.39 is 57.2 Å². The van der Waals surface area contributed by atoms with Crippen molar-refractivity contribution in [1.82, 2.24) is 14.5 Å². The Morgan fingerprint density at radius 2 is 1.62 bits per heavy atom. The van der Waals surface area contributed by atoms with Gasteiger partial charge in [-0.25, -0.2) is 22.4 Å². The van der Waals surface area contributed by atoms with E-state index in [1.807, 2.05) is 49.3 Å². The van der Waals surface area contributed by atoms with Crippen molar-refractivity contribution in [2.24, 2.45) is 5.41 Å². The molecule has 3 aromatic carbocycles. The van der Waals surface area contributed by atoms with E-state index in [2.05, 4.69) is 5.32 Å². The lowest BCUT2D eigenvalue weighted by molar-refractivity contribution is -0.174. The molecule has 1 N–H and O–H groups in total. The van der Waals surface area contributed by atoms with E-state index in [1.54, 1.807) is 32.9 Å². The molecule has 1 fully saturated rings. The van der Waals surface area contributed by atoms with Crippen LogP contribution in [-0.2, 0) is 45.8 Å². The quantitative estimate of drug-likeness (QED) is 0.188. The first-order chi connectivity index (χ1) is 23.5. The van der Waals surface area contributed by atoms with Gasteiger partial charge in [0.25, 0.3) is 0 Å². The highest BCUT2D eigenvalue weighted by Gasteiger charge is 2.52. The third-order valence-electron chi connectivity index (χ3n) is 7.78. The van der Waals surface area contributed by atoms with Gasteiger partial charge in [-0.3, -0.25) is 4.79 Å². The van der Waals surface area contributed by atoms with Gasteiger partial charge in [0.2, 0.25) is 16.3 Å². The van der Waals surface area contributed by atoms with Gasteiger partial charge < -0.3 is 29.2 Å². The molecule has 14 heteroatoms. The number of halogens is 1. The van der Waals surface area contributed by atoms with E-state index in [4.69, 9.17) is 18.9 Å². The lowest BCUT2D eigenvalue weighted by atomic mass is 9.87. The fraction of sp³-hybridized carbons (Fsp3) is 0.417. The summed E-state index contributed by atoms with van der Waals surface area (Å²) < 4.78 is 64.6. The summed E-state index contributed by atoms with van der Waals surface area (Å²) in [6.07, 6.45) is -2.40. The number of nitrogens with one attached hydrogen (secondary N) is 1. The first kappa shape index (κ1) is 38.3. The summed E-state index contributed by atoms with van der Waals surface area (Å²) in [7, 11) is -0.415. The molecule has 4 rings (SSSR count). The second-order valence-electron chi connectivity index (χ2n) is 13.3. The monoisotopic (exact) mass is 713 g/mol. The minimum Gasteiger partial charge on any atom is -0.480 e. The topological polar surface area (TPSA) is 141 Å². The molecule has 12 nitrogen and oxygen atoms in total. The van der Waals surface area contributed by atoms with Crippen molar-refractivity contribution < 1.29 is 46.1 Å². The molecule has 0 bridgehead atoms. The Hall–Kier alpha value is -4.53. The van der Waals surface area contributed by atoms with Crippen LogP contribution in [0.2, 0.25) is 0 Å². The normalized spacial score (nSPS) is 15.7. The van der Waals surface area contributed by atoms with Crippen LogP contribution >= 0.6 is 0 Å². The van der Waals surface area contributed by atoms with Crippen LogP contribution in [0, 0.1) is 11.2 Å². The Balaban J connectivity index is 1.50. The molecule has 1 aliphatic heterocycles. The van der Waals surface area contributed by atoms with Gasteiger partial charge in [-0.1, -0.05) is 42.5 Å². The Labute approximate surface area is 292 Å². The highest BCUT2D eigenvalue weighted by Crippen LogP contribution is 2.40. The van der Waals surface area contributed by atoms with Crippen LogP contribution in [0.4, 0.5) is 9.18 Å². The van der Waals surface area contributed by atoms with Crippen LogP contribution in [0.1, 0.15) is 38.8 Å². The maximum Gasteiger partial charge on any atom is 0.410 e. The molecular weight excluding hydrogens is 669 g/mol. The lowest BCUT2D eigenvalue weighted by Crippen LogP contribution is -2.64. The maximum absolute atomic E-state index is 13.9. The van der Waals surface area contributed by atoms with Crippen LogP contribution in [0.3, 0.4) is 0 Å². The van der Waals surface area contributed by atoms with Crippen LogP contribution in [0.5, 0.6) is 5.75 Å². The summed E-state index contributed by atoms with van der Waals surface area (Å²) in [6, 6.07) is 19.5. The molecule has 0 aliphatic carbocycles. The van der Waals surface area contributed by atoms with Crippen molar-refractivity contribution >= 4 is 28.1 Å². The van der Waals surface area contributed by atoms with Gasteiger partial charge in [-0.2, -0.15) is 4.31 Å². The zero-order chi connectivity index (χ0) is 36.7. The van der Waals surface area contributed by atoms with E-state index in [-0.39, 0.29) is 31.0 Å². The van der Waals surface area contributed by atoms with Gasteiger partial charge in [-0.15, -0.1) is 0 Å². The van der Waals surface area contributed by atoms with Crippen LogP contribution in [-0.4, -0.2) is 88.3 Å². The Bertz CT molecular complexity index is 1740. The summed E-state index contributed by atoms with van der Waals surface area (Å²) in [5.41, 5.74) is -0.646. The molecule has 270 valence electrons. The Morgan fingerprint density at radius 3 is 2.24 bits per heavy atom. The summed E-state index contributed by atoms with van der Waals surface area (Å²) in [5, 5.41) is 2.46. The summed E-state index contributed by atoms with van der Waals surface area (Å²) in [4.78, 5) is 39.9. The van der Waals surface area contributed by atoms with E-state index in [9.17, 15) is 27.2 Å². The van der Waals surface area contributed by atoms with Gasteiger partial charge in [-0.05, 0) is 82.4 Å². The predicted molar refractivity (Wildman–Crippen MR) is 182 cm³/mol. The van der Waals surface area contributed by atoms with Crippen LogP contribution < -0.4 is 10.1 Å². The molecule has 0 radical (unpaired) electrons. The van der Waals surface area contributed by atoms with E-state index >= 15 is 0 Å². The summed E-state index contributed by atoms with van der Waals surface area (Å²) in [6.45, 7) is 6.79. The number of rotatable bonds is 14. The molecule has 1 aliphatic rings. The van der Waals surface area contributed by atoms with Crippen molar-refractivity contribution in [3.05, 3.63) is 95.8 Å². The second-order valence-corrected chi connectivity index (χ2v) is 15.3. The molecule has 1 saturated heterocycles. The molecule has 3 aromatic rings. The number of benzene rings is 3. The van der Waals surface area contributed by atoms with Gasteiger partial charge >= 0.3 is 18.0 Å². The SMILES string of the molecule is CC(OC(=O)N[C@@H](Cc1cccc(S(=O)(=O)N2CC(Oc3ccc(F)cc3)(c3ccccc3)C2)c1)C(=O)OCCN(C)C)OC(=O)C(C)(C)C. The van der Waals surface area contributed by atoms with E-state index in [0.29, 0.717) is 17.9 Å². The number of sulfonamides is 1. The third-order valence-corrected chi connectivity index (χ3v) is 9.57. The van der Waals surface area contributed by atoms with Crippen LogP contribution in [0.15, 0.2) is 83.8 Å². The number of esters is 2. The minimum absolute atomic E-state index is 0.00680. The van der Waals surface area contributed by atoms with Crippen molar-refractivity contribution in [2.45, 2.75) is 56.9 Å². The Kier molecular flexibility index (Phi) is 12.2. The summed E-state index contributed by atoms with van der Waals surface area (Å²) >= 11 is 0. The van der Waals surface area contributed by atoms with E-state index in [0.717, 1.165) is 5.56 Å². The lowest BCUT2D eigenvalue weighted by Gasteiger charge is -2.48. The number of hydrogen-bond acceptors (Lipinski definition) is 10. The molecule has 1 amide bonds. The smallest absolute Gasteiger partial charge is 0.410 e. The average Bonchev–Trinajstić information content (AvgIpc) is 3.03. The first-order valence-electron chi connectivity index (χ1n) is 16.1. The number of nitrogens with zero attached hydrogens (tertiary/aromatic N) is 2. The van der Waals surface area contributed by atoms with Gasteiger partial charge in [0.15, 0.2) is 5.60 Å². The highest BCUT2D eigenvalue weighted by atomic mass is 32.2. The minimum atomic E-state index is -4.03. The van der Waals surface area contributed by atoms with Crippen molar-refractivity contribution in [3.63, 3.8) is 0 Å². The highest BCUT2D eigenvalue weighted by molar-refractivity contribution is 7.89. The molecule has 0 aromatic heterocycles. The molecule has 2 atom stereocenters. The zero-order valence-corrected chi connectivity index (χ0v) is 29.9. The fourth-order valence-corrected chi connectivity index (χ4v) is 6.59. The Morgan fingerprint density at radius 1 is 0.960 bits per heavy atom. The fourth-order valence-electron chi connectivity index (χ4n) is 4.99. The van der Waals surface area contributed by atoms with Gasteiger partial charge in [0.1, 0.15) is 24.2 Å². The maximum atomic E-state index is 13.9. The zero-order valence-electron chi connectivity index (χ0n) is 29.1. The molecule has 0 saturated carbocycles.